The molecule has 0 saturated heterocycles. The van der Waals surface area contributed by atoms with Crippen LogP contribution in [-0.4, -0.2) is 29.8 Å². The van der Waals surface area contributed by atoms with Crippen LogP contribution in [0.15, 0.2) is 54.4 Å². The van der Waals surface area contributed by atoms with Gasteiger partial charge in [-0.15, -0.1) is 0 Å². The minimum Gasteiger partial charge on any atom is -0.462 e. The molecule has 0 radical (unpaired) electrons. The van der Waals surface area contributed by atoms with Gasteiger partial charge in [-0.2, -0.15) is 0 Å². The van der Waals surface area contributed by atoms with Crippen molar-refractivity contribution in [2.75, 3.05) is 18.6 Å². The lowest BCUT2D eigenvalue weighted by molar-refractivity contribution is -0.146. The summed E-state index contributed by atoms with van der Waals surface area (Å²) in [6, 6.07) is 12.1. The summed E-state index contributed by atoms with van der Waals surface area (Å²) in [5.41, 5.74) is 6.28. The van der Waals surface area contributed by atoms with Crippen LogP contribution in [0.2, 0.25) is 0 Å². The Balaban J connectivity index is 2.28. The van der Waals surface area contributed by atoms with Crippen LogP contribution in [-0.2, 0) is 31.9 Å². The first-order valence-electron chi connectivity index (χ1n) is 9.14. The predicted molar refractivity (Wildman–Crippen MR) is 104 cm³/mol. The topological polar surface area (TPSA) is 69.6 Å². The lowest BCUT2D eigenvalue weighted by Crippen LogP contribution is -2.22. The van der Waals surface area contributed by atoms with Crippen LogP contribution in [0.5, 0.6) is 0 Å². The number of carbonyl (C=O) groups excluding carboxylic acids is 2. The number of benzene rings is 1. The Morgan fingerprint density at radius 3 is 2.19 bits per heavy atom. The molecule has 0 atom stereocenters. The molecular weight excluding hydrogens is 344 g/mol. The smallest absolute Gasteiger partial charge is 0.347 e. The number of ether oxygens (including phenoxy) is 2. The van der Waals surface area contributed by atoms with Crippen LogP contribution in [0.4, 0.5) is 0 Å². The predicted octanol–water partition coefficient (Wildman–Crippen LogP) is 3.19. The highest BCUT2D eigenvalue weighted by molar-refractivity contribution is 6.14. The maximum Gasteiger partial charge on any atom is 0.347 e. The van der Waals surface area contributed by atoms with Gasteiger partial charge in [0.05, 0.1) is 13.2 Å². The number of nitrogens with zero attached hydrogens (tertiary/aromatic N) is 1. The van der Waals surface area contributed by atoms with E-state index >= 15 is 0 Å². The van der Waals surface area contributed by atoms with Crippen molar-refractivity contribution in [2.24, 2.45) is 0 Å². The van der Waals surface area contributed by atoms with E-state index < -0.39 is 11.9 Å². The average Bonchev–Trinajstić information content (AvgIpc) is 3.05. The maximum absolute atomic E-state index is 12.1. The summed E-state index contributed by atoms with van der Waals surface area (Å²) >= 11 is 0. The number of hydrogen-bond donors (Lipinski definition) is 1. The van der Waals surface area contributed by atoms with Crippen LogP contribution in [0, 0.1) is 0 Å². The minimum absolute atomic E-state index is 0.170. The Morgan fingerprint density at radius 1 is 1.00 bits per heavy atom. The van der Waals surface area contributed by atoms with Gasteiger partial charge in [0, 0.05) is 24.5 Å². The summed E-state index contributed by atoms with van der Waals surface area (Å²) in [4.78, 5) is 24.2. The first-order chi connectivity index (χ1) is 13.1. The van der Waals surface area contributed by atoms with Gasteiger partial charge in [-0.05, 0) is 37.5 Å². The monoisotopic (exact) mass is 370 g/mol. The number of nitrogens with one attached hydrogen (secondary N) is 1. The zero-order valence-corrected chi connectivity index (χ0v) is 16.0. The molecule has 2 rings (SSSR count). The van der Waals surface area contributed by atoms with Crippen molar-refractivity contribution in [2.45, 2.75) is 33.6 Å². The highest BCUT2D eigenvalue weighted by Gasteiger charge is 2.21. The third kappa shape index (κ3) is 5.48. The molecule has 0 fully saturated rings. The SMILES string of the molecule is CCOC(=O)C(=CNn1ccc(CC)c1Cc1ccccc1)C(=O)OCC. The molecule has 1 N–H and O–H groups in total. The number of hydrogen-bond acceptors (Lipinski definition) is 5. The molecule has 0 spiro atoms. The van der Waals surface area contributed by atoms with Crippen molar-refractivity contribution >= 4 is 11.9 Å². The van der Waals surface area contributed by atoms with Gasteiger partial charge in [-0.1, -0.05) is 37.3 Å². The Labute approximate surface area is 159 Å². The molecule has 0 aliphatic heterocycles. The molecule has 1 aromatic carbocycles. The highest BCUT2D eigenvalue weighted by atomic mass is 16.6. The molecule has 2 aromatic rings. The van der Waals surface area contributed by atoms with Gasteiger partial charge < -0.3 is 14.9 Å². The van der Waals surface area contributed by atoms with Gasteiger partial charge in [-0.25, -0.2) is 9.59 Å². The van der Waals surface area contributed by atoms with Crippen LogP contribution in [0.1, 0.15) is 37.6 Å². The summed E-state index contributed by atoms with van der Waals surface area (Å²) in [6.07, 6.45) is 4.82. The number of rotatable bonds is 9. The summed E-state index contributed by atoms with van der Waals surface area (Å²) in [6.45, 7) is 5.82. The Hall–Kier alpha value is -3.02. The van der Waals surface area contributed by atoms with E-state index in [4.69, 9.17) is 9.47 Å². The summed E-state index contributed by atoms with van der Waals surface area (Å²) in [7, 11) is 0. The van der Waals surface area contributed by atoms with Gasteiger partial charge >= 0.3 is 11.9 Å². The molecule has 0 saturated carbocycles. The fourth-order valence-corrected chi connectivity index (χ4v) is 2.69. The highest BCUT2D eigenvalue weighted by Crippen LogP contribution is 2.16. The zero-order valence-electron chi connectivity index (χ0n) is 16.0. The number of esters is 2. The van der Waals surface area contributed by atoms with Crippen molar-refractivity contribution in [1.29, 1.82) is 0 Å². The van der Waals surface area contributed by atoms with Gasteiger partial charge in [0.2, 0.25) is 0 Å². The third-order valence-electron chi connectivity index (χ3n) is 4.02. The van der Waals surface area contributed by atoms with Crippen molar-refractivity contribution < 1.29 is 19.1 Å². The van der Waals surface area contributed by atoms with Gasteiger partial charge in [-0.3, -0.25) is 4.68 Å². The Bertz CT molecular complexity index is 774. The molecule has 1 heterocycles. The van der Waals surface area contributed by atoms with Gasteiger partial charge in [0.25, 0.3) is 0 Å². The van der Waals surface area contributed by atoms with E-state index in [0.717, 1.165) is 18.5 Å². The lowest BCUT2D eigenvalue weighted by Gasteiger charge is -2.13. The van der Waals surface area contributed by atoms with Crippen molar-refractivity contribution in [3.63, 3.8) is 0 Å². The van der Waals surface area contributed by atoms with Crippen LogP contribution in [0.25, 0.3) is 0 Å². The summed E-state index contributed by atoms with van der Waals surface area (Å²) in [5.74, 6) is -1.42. The molecule has 0 aliphatic rings. The number of aryl methyl sites for hydroxylation is 1. The van der Waals surface area contributed by atoms with Crippen LogP contribution in [0.3, 0.4) is 0 Å². The van der Waals surface area contributed by atoms with E-state index in [9.17, 15) is 9.59 Å². The second kappa shape index (κ2) is 10.2. The van der Waals surface area contributed by atoms with Gasteiger partial charge in [0.1, 0.15) is 0 Å². The Kier molecular flexibility index (Phi) is 7.67. The average molecular weight is 370 g/mol. The van der Waals surface area contributed by atoms with E-state index in [1.807, 2.05) is 35.1 Å². The molecule has 144 valence electrons. The lowest BCUT2D eigenvalue weighted by atomic mass is 10.1. The fraction of sp³-hybridized carbons (Fsp3) is 0.333. The molecule has 0 amide bonds. The summed E-state index contributed by atoms with van der Waals surface area (Å²) in [5, 5.41) is 0. The van der Waals surface area contributed by atoms with E-state index in [-0.39, 0.29) is 18.8 Å². The second-order valence-corrected chi connectivity index (χ2v) is 5.80. The van der Waals surface area contributed by atoms with E-state index in [2.05, 4.69) is 24.5 Å². The molecule has 0 unspecified atom stereocenters. The molecule has 0 bridgehead atoms. The van der Waals surface area contributed by atoms with Crippen molar-refractivity contribution in [3.05, 3.63) is 71.2 Å². The number of aromatic nitrogens is 1. The zero-order chi connectivity index (χ0) is 19.6. The number of carbonyl (C=O) groups is 2. The first kappa shape index (κ1) is 20.3. The normalized spacial score (nSPS) is 10.2. The van der Waals surface area contributed by atoms with Crippen molar-refractivity contribution in [3.8, 4) is 0 Å². The molecule has 0 aliphatic carbocycles. The van der Waals surface area contributed by atoms with E-state index in [1.165, 1.54) is 17.3 Å². The third-order valence-corrected chi connectivity index (χ3v) is 4.02. The molecule has 27 heavy (non-hydrogen) atoms. The van der Waals surface area contributed by atoms with Crippen LogP contribution < -0.4 is 5.43 Å². The van der Waals surface area contributed by atoms with E-state index in [0.29, 0.717) is 0 Å². The minimum atomic E-state index is -0.712. The van der Waals surface area contributed by atoms with E-state index in [1.54, 1.807) is 13.8 Å². The first-order valence-corrected chi connectivity index (χ1v) is 9.14. The Morgan fingerprint density at radius 2 is 1.63 bits per heavy atom. The van der Waals surface area contributed by atoms with Crippen LogP contribution >= 0.6 is 0 Å². The quantitative estimate of drug-likeness (QED) is 0.318. The summed E-state index contributed by atoms with van der Waals surface area (Å²) < 4.78 is 11.7. The molecule has 6 nitrogen and oxygen atoms in total. The fourth-order valence-electron chi connectivity index (χ4n) is 2.69. The van der Waals surface area contributed by atoms with Gasteiger partial charge in [0.15, 0.2) is 5.57 Å². The standard InChI is InChI=1S/C21H26N2O4/c1-4-17-12-13-23(19(17)14-16-10-8-7-9-11-16)22-15-18(20(24)26-5-2)21(25)27-6-3/h7-13,15,22H,4-6,14H2,1-3H3. The molecular formula is C21H26N2O4. The molecule has 6 heteroatoms. The molecule has 1 aromatic heterocycles. The largest absolute Gasteiger partial charge is 0.462 e. The second-order valence-electron chi connectivity index (χ2n) is 5.80. The van der Waals surface area contributed by atoms with Crippen molar-refractivity contribution in [1.82, 2.24) is 4.68 Å². The maximum atomic E-state index is 12.1.